The largest absolute Gasteiger partial charge is 0.383 e. The van der Waals surface area contributed by atoms with E-state index in [1.54, 1.807) is 0 Å². The van der Waals surface area contributed by atoms with Gasteiger partial charge in [-0.15, -0.1) is 0 Å². The van der Waals surface area contributed by atoms with Gasteiger partial charge in [0.2, 0.25) is 5.91 Å². The van der Waals surface area contributed by atoms with Crippen LogP contribution in [0.1, 0.15) is 90.4 Å². The minimum Gasteiger partial charge on any atom is -0.383 e. The Bertz CT molecular complexity index is 330. The molecule has 1 heterocycles. The summed E-state index contributed by atoms with van der Waals surface area (Å²) in [6.07, 6.45) is 14.1. The second-order valence-electron chi connectivity index (χ2n) is 6.49. The van der Waals surface area contributed by atoms with Gasteiger partial charge in [0.25, 0.3) is 5.91 Å². The van der Waals surface area contributed by atoms with Gasteiger partial charge in [-0.25, -0.2) is 0 Å². The van der Waals surface area contributed by atoms with Gasteiger partial charge in [-0.3, -0.25) is 14.5 Å². The number of carbonyl (C=O) groups excluding carboxylic acids is 2. The SMILES string of the molecule is CCCCCCCCCCCCCCN1C(=O)CC(O)C1=O. The first-order valence-corrected chi connectivity index (χ1v) is 9.19. The van der Waals surface area contributed by atoms with Crippen molar-refractivity contribution >= 4 is 11.8 Å². The van der Waals surface area contributed by atoms with E-state index in [-0.39, 0.29) is 12.3 Å². The van der Waals surface area contributed by atoms with Gasteiger partial charge in [-0.1, -0.05) is 77.6 Å². The minimum absolute atomic E-state index is 0.0307. The van der Waals surface area contributed by atoms with Crippen molar-refractivity contribution in [3.63, 3.8) is 0 Å². The topological polar surface area (TPSA) is 57.6 Å². The van der Waals surface area contributed by atoms with Gasteiger partial charge in [-0.05, 0) is 6.42 Å². The molecule has 0 bridgehead atoms. The van der Waals surface area contributed by atoms with Crippen LogP contribution in [-0.2, 0) is 9.59 Å². The van der Waals surface area contributed by atoms with Crippen LogP contribution < -0.4 is 0 Å². The van der Waals surface area contributed by atoms with Crippen molar-refractivity contribution in [1.82, 2.24) is 4.90 Å². The van der Waals surface area contributed by atoms with E-state index >= 15 is 0 Å². The number of hydrogen-bond donors (Lipinski definition) is 1. The van der Waals surface area contributed by atoms with Gasteiger partial charge in [-0.2, -0.15) is 0 Å². The van der Waals surface area contributed by atoms with Gasteiger partial charge < -0.3 is 5.11 Å². The van der Waals surface area contributed by atoms with E-state index in [9.17, 15) is 14.7 Å². The molecule has 0 saturated carbocycles. The number of rotatable bonds is 13. The summed E-state index contributed by atoms with van der Waals surface area (Å²) in [4.78, 5) is 24.2. The lowest BCUT2D eigenvalue weighted by atomic mass is 10.1. The van der Waals surface area contributed by atoms with Crippen LogP contribution in [0.4, 0.5) is 0 Å². The third kappa shape index (κ3) is 7.39. The molecular weight excluding hydrogens is 278 g/mol. The van der Waals surface area contributed by atoms with Gasteiger partial charge in [0.15, 0.2) is 0 Å². The molecule has 0 aromatic heterocycles. The van der Waals surface area contributed by atoms with Gasteiger partial charge in [0, 0.05) is 6.54 Å². The zero-order chi connectivity index (χ0) is 16.2. The van der Waals surface area contributed by atoms with E-state index in [1.165, 1.54) is 69.1 Å². The predicted molar refractivity (Wildman–Crippen MR) is 88.4 cm³/mol. The van der Waals surface area contributed by atoms with Crippen molar-refractivity contribution < 1.29 is 14.7 Å². The second kappa shape index (κ2) is 11.6. The number of aliphatic hydroxyl groups excluding tert-OH is 1. The third-order valence-corrected chi connectivity index (χ3v) is 4.46. The highest BCUT2D eigenvalue weighted by atomic mass is 16.3. The number of hydrogen-bond acceptors (Lipinski definition) is 3. The minimum atomic E-state index is -1.09. The molecule has 0 aliphatic carbocycles. The Morgan fingerprint density at radius 1 is 0.864 bits per heavy atom. The summed E-state index contributed by atoms with van der Waals surface area (Å²) >= 11 is 0. The van der Waals surface area contributed by atoms with Crippen LogP contribution in [0.5, 0.6) is 0 Å². The Morgan fingerprint density at radius 2 is 1.32 bits per heavy atom. The number of unbranched alkanes of at least 4 members (excludes halogenated alkanes) is 11. The van der Waals surface area contributed by atoms with Crippen molar-refractivity contribution in [3.05, 3.63) is 0 Å². The average Bonchev–Trinajstić information content (AvgIpc) is 2.74. The van der Waals surface area contributed by atoms with Crippen molar-refractivity contribution in [2.75, 3.05) is 6.54 Å². The fraction of sp³-hybridized carbons (Fsp3) is 0.889. The van der Waals surface area contributed by atoms with Crippen LogP contribution in [0, 0.1) is 0 Å². The van der Waals surface area contributed by atoms with Crippen LogP contribution in [0.15, 0.2) is 0 Å². The molecule has 0 aromatic rings. The molecule has 1 aliphatic heterocycles. The van der Waals surface area contributed by atoms with Gasteiger partial charge in [0.1, 0.15) is 6.10 Å². The number of carbonyl (C=O) groups is 2. The Labute approximate surface area is 135 Å². The summed E-state index contributed by atoms with van der Waals surface area (Å²) < 4.78 is 0. The Kier molecular flexibility index (Phi) is 10.1. The lowest BCUT2D eigenvalue weighted by molar-refractivity contribution is -0.140. The lowest BCUT2D eigenvalue weighted by Crippen LogP contribution is -2.32. The number of imide groups is 1. The maximum Gasteiger partial charge on any atom is 0.258 e. The molecule has 1 saturated heterocycles. The molecule has 4 nitrogen and oxygen atoms in total. The highest BCUT2D eigenvalue weighted by molar-refractivity contribution is 6.04. The van der Waals surface area contributed by atoms with Crippen LogP contribution in [0.3, 0.4) is 0 Å². The molecule has 0 spiro atoms. The van der Waals surface area contributed by atoms with E-state index in [4.69, 9.17) is 0 Å². The zero-order valence-corrected chi connectivity index (χ0v) is 14.2. The maximum absolute atomic E-state index is 11.5. The molecule has 0 aromatic carbocycles. The average molecular weight is 311 g/mol. The lowest BCUT2D eigenvalue weighted by Gasteiger charge is -2.13. The first-order valence-electron chi connectivity index (χ1n) is 9.19. The summed E-state index contributed by atoms with van der Waals surface area (Å²) in [7, 11) is 0. The van der Waals surface area contributed by atoms with Gasteiger partial charge >= 0.3 is 0 Å². The summed E-state index contributed by atoms with van der Waals surface area (Å²) in [5, 5.41) is 9.32. The van der Waals surface area contributed by atoms with Crippen LogP contribution in [0.25, 0.3) is 0 Å². The third-order valence-electron chi connectivity index (χ3n) is 4.46. The molecule has 2 amide bonds. The molecule has 1 aliphatic rings. The van der Waals surface area contributed by atoms with Crippen molar-refractivity contribution in [1.29, 1.82) is 0 Å². The van der Waals surface area contributed by atoms with E-state index in [0.29, 0.717) is 6.54 Å². The molecule has 1 rings (SSSR count). The molecule has 128 valence electrons. The van der Waals surface area contributed by atoms with E-state index < -0.39 is 12.0 Å². The molecule has 1 N–H and O–H groups in total. The predicted octanol–water partition coefficient (Wildman–Crippen LogP) is 3.81. The fourth-order valence-corrected chi connectivity index (χ4v) is 3.01. The highest BCUT2D eigenvalue weighted by Crippen LogP contribution is 2.15. The number of amides is 2. The van der Waals surface area contributed by atoms with Crippen molar-refractivity contribution in [2.24, 2.45) is 0 Å². The monoisotopic (exact) mass is 311 g/mol. The van der Waals surface area contributed by atoms with Crippen LogP contribution >= 0.6 is 0 Å². The molecule has 1 atom stereocenters. The highest BCUT2D eigenvalue weighted by Gasteiger charge is 2.36. The zero-order valence-electron chi connectivity index (χ0n) is 14.2. The Hall–Kier alpha value is -0.900. The number of aliphatic hydroxyl groups is 1. The molecule has 4 heteroatoms. The number of likely N-dealkylation sites (tertiary alicyclic amines) is 1. The summed E-state index contributed by atoms with van der Waals surface area (Å²) in [6, 6.07) is 0. The Balaban J connectivity index is 1.86. The second-order valence-corrected chi connectivity index (χ2v) is 6.49. The molecule has 1 unspecified atom stereocenters. The molecular formula is C18H33NO3. The molecule has 0 radical (unpaired) electrons. The van der Waals surface area contributed by atoms with Crippen molar-refractivity contribution in [2.45, 2.75) is 96.5 Å². The van der Waals surface area contributed by atoms with Crippen LogP contribution in [-0.4, -0.2) is 34.5 Å². The standard InChI is InChI=1S/C18H33NO3/c1-2-3-4-5-6-7-8-9-10-11-12-13-14-19-17(21)15-16(20)18(19)22/h16,20H,2-15H2,1H3. The van der Waals surface area contributed by atoms with E-state index in [2.05, 4.69) is 6.92 Å². The van der Waals surface area contributed by atoms with Crippen LogP contribution in [0.2, 0.25) is 0 Å². The first kappa shape index (κ1) is 19.1. The quantitative estimate of drug-likeness (QED) is 0.416. The Morgan fingerprint density at radius 3 is 1.73 bits per heavy atom. The summed E-state index contributed by atoms with van der Waals surface area (Å²) in [6.45, 7) is 2.73. The van der Waals surface area contributed by atoms with Crippen molar-refractivity contribution in [3.8, 4) is 0 Å². The smallest absolute Gasteiger partial charge is 0.258 e. The van der Waals surface area contributed by atoms with E-state index in [0.717, 1.165) is 12.8 Å². The molecule has 1 fully saturated rings. The summed E-state index contributed by atoms with van der Waals surface area (Å²) in [5.74, 6) is -0.631. The van der Waals surface area contributed by atoms with E-state index in [1.807, 2.05) is 0 Å². The maximum atomic E-state index is 11.5. The van der Waals surface area contributed by atoms with Gasteiger partial charge in [0.05, 0.1) is 6.42 Å². The number of nitrogens with zero attached hydrogens (tertiary/aromatic N) is 1. The molecule has 22 heavy (non-hydrogen) atoms. The normalized spacial score (nSPS) is 18.5. The fourth-order valence-electron chi connectivity index (χ4n) is 3.01. The first-order chi connectivity index (χ1) is 10.7. The summed E-state index contributed by atoms with van der Waals surface area (Å²) in [5.41, 5.74) is 0.